The lowest BCUT2D eigenvalue weighted by molar-refractivity contribution is 0.0989. The minimum absolute atomic E-state index is 0.0789. The fourth-order valence-electron chi connectivity index (χ4n) is 2.91. The quantitative estimate of drug-likeness (QED) is 0.898. The zero-order valence-corrected chi connectivity index (χ0v) is 14.1. The number of carbonyl (C=O) groups excluding carboxylic acids is 2. The van der Waals surface area contributed by atoms with Crippen molar-refractivity contribution in [3.63, 3.8) is 0 Å². The van der Waals surface area contributed by atoms with Crippen LogP contribution in [-0.4, -0.2) is 48.7 Å². The molecule has 0 fully saturated rings. The van der Waals surface area contributed by atoms with Crippen molar-refractivity contribution in [1.29, 1.82) is 0 Å². The molecule has 1 heterocycles. The van der Waals surface area contributed by atoms with Crippen LogP contribution in [0.3, 0.4) is 0 Å². The number of nitrogens with zero attached hydrogens (tertiary/aromatic N) is 2. The lowest BCUT2D eigenvalue weighted by atomic mass is 10.1. The van der Waals surface area contributed by atoms with E-state index in [9.17, 15) is 9.59 Å². The number of benzene rings is 2. The molecule has 0 saturated carbocycles. The molecule has 2 N–H and O–H groups in total. The van der Waals surface area contributed by atoms with Gasteiger partial charge in [0, 0.05) is 37.1 Å². The van der Waals surface area contributed by atoms with Gasteiger partial charge in [-0.15, -0.1) is 0 Å². The first kappa shape index (κ1) is 17.0. The molecule has 3 amide bonds. The number of fused-ring (bicyclic) bond motifs is 1. The lowest BCUT2D eigenvalue weighted by Gasteiger charge is -2.19. The van der Waals surface area contributed by atoms with Gasteiger partial charge in [0.2, 0.25) is 0 Å². The molecule has 3 rings (SSSR count). The monoisotopic (exact) mass is 339 g/mol. The number of anilines is 2. The number of carbonyl (C=O) groups is 2. The molecular weight excluding hydrogens is 318 g/mol. The third kappa shape index (κ3) is 3.64. The SMILES string of the molecule is CN(CCO)C(=O)Nc1cccc(C(=O)N2CCc3ccccc32)c1. The molecule has 0 aromatic heterocycles. The summed E-state index contributed by atoms with van der Waals surface area (Å²) in [6.07, 6.45) is 0.851. The predicted octanol–water partition coefficient (Wildman–Crippen LogP) is 2.35. The van der Waals surface area contributed by atoms with Crippen LogP contribution in [0, 0.1) is 0 Å². The first-order valence-electron chi connectivity index (χ1n) is 8.23. The van der Waals surface area contributed by atoms with E-state index in [4.69, 9.17) is 5.11 Å². The van der Waals surface area contributed by atoms with Gasteiger partial charge in [0.1, 0.15) is 0 Å². The lowest BCUT2D eigenvalue weighted by Crippen LogP contribution is -2.33. The average Bonchev–Trinajstić information content (AvgIpc) is 3.05. The Morgan fingerprint density at radius 3 is 2.80 bits per heavy atom. The van der Waals surface area contributed by atoms with Gasteiger partial charge >= 0.3 is 6.03 Å². The Morgan fingerprint density at radius 2 is 2.00 bits per heavy atom. The van der Waals surface area contributed by atoms with E-state index in [2.05, 4.69) is 5.32 Å². The molecule has 0 radical (unpaired) electrons. The molecule has 0 aliphatic carbocycles. The number of hydrogen-bond donors (Lipinski definition) is 2. The maximum atomic E-state index is 12.9. The van der Waals surface area contributed by atoms with Gasteiger partial charge < -0.3 is 20.2 Å². The molecule has 0 bridgehead atoms. The van der Waals surface area contributed by atoms with Gasteiger partial charge in [-0.3, -0.25) is 4.79 Å². The number of amides is 3. The van der Waals surface area contributed by atoms with E-state index in [1.807, 2.05) is 24.3 Å². The van der Waals surface area contributed by atoms with Crippen molar-refractivity contribution in [3.05, 3.63) is 59.7 Å². The highest BCUT2D eigenvalue weighted by Crippen LogP contribution is 2.29. The Labute approximate surface area is 146 Å². The summed E-state index contributed by atoms with van der Waals surface area (Å²) >= 11 is 0. The van der Waals surface area contributed by atoms with Gasteiger partial charge in [0.25, 0.3) is 5.91 Å². The van der Waals surface area contributed by atoms with Gasteiger partial charge in [-0.05, 0) is 36.2 Å². The summed E-state index contributed by atoms with van der Waals surface area (Å²) in [6, 6.07) is 14.5. The number of hydrogen-bond acceptors (Lipinski definition) is 3. The summed E-state index contributed by atoms with van der Waals surface area (Å²) in [5.74, 6) is -0.0789. The summed E-state index contributed by atoms with van der Waals surface area (Å²) in [7, 11) is 1.60. The first-order valence-corrected chi connectivity index (χ1v) is 8.23. The van der Waals surface area contributed by atoms with Crippen LogP contribution < -0.4 is 10.2 Å². The predicted molar refractivity (Wildman–Crippen MR) is 97.0 cm³/mol. The maximum absolute atomic E-state index is 12.9. The van der Waals surface area contributed by atoms with Crippen LogP contribution in [0.5, 0.6) is 0 Å². The molecule has 0 spiro atoms. The number of nitrogens with one attached hydrogen (secondary N) is 1. The number of rotatable bonds is 4. The minimum Gasteiger partial charge on any atom is -0.395 e. The molecule has 1 aliphatic heterocycles. The van der Waals surface area contributed by atoms with E-state index in [0.717, 1.165) is 12.1 Å². The highest BCUT2D eigenvalue weighted by atomic mass is 16.3. The summed E-state index contributed by atoms with van der Waals surface area (Å²) in [6.45, 7) is 0.805. The van der Waals surface area contributed by atoms with Crippen LogP contribution >= 0.6 is 0 Å². The summed E-state index contributed by atoms with van der Waals surface area (Å²) in [5.41, 5.74) is 3.20. The maximum Gasteiger partial charge on any atom is 0.321 e. The second kappa shape index (κ2) is 7.36. The van der Waals surface area contributed by atoms with Crippen molar-refractivity contribution in [3.8, 4) is 0 Å². The fourth-order valence-corrected chi connectivity index (χ4v) is 2.91. The Hall–Kier alpha value is -2.86. The van der Waals surface area contributed by atoms with Gasteiger partial charge in [-0.2, -0.15) is 0 Å². The number of aliphatic hydroxyl groups excluding tert-OH is 1. The molecular formula is C19H21N3O3. The van der Waals surface area contributed by atoms with Crippen molar-refractivity contribution in [1.82, 2.24) is 4.90 Å². The molecule has 0 atom stereocenters. The van der Waals surface area contributed by atoms with Gasteiger partial charge in [-0.25, -0.2) is 4.79 Å². The van der Waals surface area contributed by atoms with Crippen LogP contribution in [0.15, 0.2) is 48.5 Å². The van der Waals surface area contributed by atoms with E-state index in [1.165, 1.54) is 10.5 Å². The van der Waals surface area contributed by atoms with Crippen LogP contribution in [0.4, 0.5) is 16.2 Å². The number of likely N-dealkylation sites (N-methyl/N-ethyl adjacent to an activating group) is 1. The number of aliphatic hydroxyl groups is 1. The van der Waals surface area contributed by atoms with E-state index in [-0.39, 0.29) is 25.1 Å². The minimum atomic E-state index is -0.329. The molecule has 0 saturated heterocycles. The van der Waals surface area contributed by atoms with Crippen LogP contribution in [0.1, 0.15) is 15.9 Å². The Kier molecular flexibility index (Phi) is 5.00. The standard InChI is InChI=1S/C19H21N3O3/c1-21(11-12-23)19(25)20-16-7-4-6-15(13-16)18(24)22-10-9-14-5-2-3-8-17(14)22/h2-8,13,23H,9-12H2,1H3,(H,20,25). The highest BCUT2D eigenvalue weighted by Gasteiger charge is 2.25. The van der Waals surface area contributed by atoms with Gasteiger partial charge in [-0.1, -0.05) is 24.3 Å². The van der Waals surface area contributed by atoms with E-state index in [0.29, 0.717) is 17.8 Å². The smallest absolute Gasteiger partial charge is 0.321 e. The molecule has 6 nitrogen and oxygen atoms in total. The summed E-state index contributed by atoms with van der Waals surface area (Å²) < 4.78 is 0. The Morgan fingerprint density at radius 1 is 1.20 bits per heavy atom. The van der Waals surface area contributed by atoms with Gasteiger partial charge in [0.05, 0.1) is 6.61 Å². The number of urea groups is 1. The Balaban J connectivity index is 1.76. The molecule has 25 heavy (non-hydrogen) atoms. The summed E-state index contributed by atoms with van der Waals surface area (Å²) in [4.78, 5) is 28.0. The zero-order valence-electron chi connectivity index (χ0n) is 14.1. The van der Waals surface area contributed by atoms with Crippen molar-refractivity contribution in [2.24, 2.45) is 0 Å². The van der Waals surface area contributed by atoms with E-state index >= 15 is 0 Å². The first-order chi connectivity index (χ1) is 12.1. The summed E-state index contributed by atoms with van der Waals surface area (Å²) in [5, 5.41) is 11.6. The van der Waals surface area contributed by atoms with Crippen molar-refractivity contribution in [2.75, 3.05) is 37.0 Å². The zero-order chi connectivity index (χ0) is 17.8. The largest absolute Gasteiger partial charge is 0.395 e. The molecule has 130 valence electrons. The Bertz CT molecular complexity index is 791. The molecule has 0 unspecified atom stereocenters. The number of para-hydroxylation sites is 1. The second-order valence-corrected chi connectivity index (χ2v) is 5.99. The molecule has 2 aromatic rings. The van der Waals surface area contributed by atoms with Crippen molar-refractivity contribution >= 4 is 23.3 Å². The van der Waals surface area contributed by atoms with Crippen LogP contribution in [-0.2, 0) is 6.42 Å². The van der Waals surface area contributed by atoms with E-state index in [1.54, 1.807) is 36.2 Å². The molecule has 6 heteroatoms. The average molecular weight is 339 g/mol. The topological polar surface area (TPSA) is 72.9 Å². The highest BCUT2D eigenvalue weighted by molar-refractivity contribution is 6.08. The van der Waals surface area contributed by atoms with Gasteiger partial charge in [0.15, 0.2) is 0 Å². The van der Waals surface area contributed by atoms with E-state index < -0.39 is 0 Å². The van der Waals surface area contributed by atoms with Crippen molar-refractivity contribution < 1.29 is 14.7 Å². The third-order valence-corrected chi connectivity index (χ3v) is 4.28. The van der Waals surface area contributed by atoms with Crippen molar-refractivity contribution in [2.45, 2.75) is 6.42 Å². The van der Waals surface area contributed by atoms with Crippen LogP contribution in [0.25, 0.3) is 0 Å². The second-order valence-electron chi connectivity index (χ2n) is 5.99. The normalized spacial score (nSPS) is 12.6. The molecule has 1 aliphatic rings. The molecule has 2 aromatic carbocycles. The van der Waals surface area contributed by atoms with Crippen LogP contribution in [0.2, 0.25) is 0 Å². The fraction of sp³-hybridized carbons (Fsp3) is 0.263. The third-order valence-electron chi connectivity index (χ3n) is 4.28.